The molecule has 1 aromatic rings. The zero-order valence-electron chi connectivity index (χ0n) is 10.3. The van der Waals surface area contributed by atoms with E-state index in [1.54, 1.807) is 24.3 Å². The van der Waals surface area contributed by atoms with Crippen molar-refractivity contribution in [3.63, 3.8) is 0 Å². The van der Waals surface area contributed by atoms with Crippen LogP contribution in [-0.4, -0.2) is 31.1 Å². The van der Waals surface area contributed by atoms with E-state index in [0.29, 0.717) is 23.9 Å². The maximum atomic E-state index is 11.6. The summed E-state index contributed by atoms with van der Waals surface area (Å²) in [5.74, 6) is -1.42. The molecule has 6 heteroatoms. The number of para-hydroxylation sites is 1. The molecule has 0 aromatic heterocycles. The number of carbonyl (C=O) groups excluding carboxylic acids is 2. The molecule has 0 saturated carbocycles. The molecule has 1 heterocycles. The third-order valence-electron chi connectivity index (χ3n) is 2.84. The summed E-state index contributed by atoms with van der Waals surface area (Å²) in [6.45, 7) is 1.07. The number of hydrogen-bond acceptors (Lipinski definition) is 3. The Bertz CT molecular complexity index is 473. The van der Waals surface area contributed by atoms with Crippen LogP contribution in [0.2, 0.25) is 5.02 Å². The van der Waals surface area contributed by atoms with E-state index >= 15 is 0 Å². The summed E-state index contributed by atoms with van der Waals surface area (Å²) in [6.07, 6.45) is 1.91. The number of amides is 2. The zero-order chi connectivity index (χ0) is 13.7. The van der Waals surface area contributed by atoms with Gasteiger partial charge in [-0.25, -0.2) is 0 Å². The number of benzene rings is 1. The third kappa shape index (κ3) is 3.94. The van der Waals surface area contributed by atoms with Gasteiger partial charge in [-0.15, -0.1) is 0 Å². The molecule has 1 atom stereocenters. The second kappa shape index (κ2) is 6.54. The van der Waals surface area contributed by atoms with Crippen molar-refractivity contribution in [2.45, 2.75) is 18.9 Å². The summed E-state index contributed by atoms with van der Waals surface area (Å²) in [5.41, 5.74) is 0.418. The largest absolute Gasteiger partial charge is 0.376 e. The Balaban J connectivity index is 1.82. The summed E-state index contributed by atoms with van der Waals surface area (Å²) in [5, 5.41) is 5.40. The normalized spacial score (nSPS) is 18.1. The van der Waals surface area contributed by atoms with Crippen LogP contribution in [0.25, 0.3) is 0 Å². The van der Waals surface area contributed by atoms with E-state index in [9.17, 15) is 9.59 Å². The molecule has 1 aliphatic rings. The predicted octanol–water partition coefficient (Wildman–Crippen LogP) is 1.57. The smallest absolute Gasteiger partial charge is 0.313 e. The van der Waals surface area contributed by atoms with Crippen LogP contribution < -0.4 is 10.6 Å². The standard InChI is InChI=1S/C13H15ClN2O3/c14-10-5-1-2-6-11(10)16-13(18)12(17)15-8-9-4-3-7-19-9/h1-2,5-6,9H,3-4,7-8H2,(H,15,17)(H,16,18)/t9-/m1/s1. The van der Waals surface area contributed by atoms with E-state index in [-0.39, 0.29) is 6.10 Å². The average molecular weight is 283 g/mol. The summed E-state index contributed by atoms with van der Waals surface area (Å²) in [7, 11) is 0. The fourth-order valence-electron chi connectivity index (χ4n) is 1.83. The molecule has 2 N–H and O–H groups in total. The van der Waals surface area contributed by atoms with Crippen molar-refractivity contribution < 1.29 is 14.3 Å². The highest BCUT2D eigenvalue weighted by atomic mass is 35.5. The number of nitrogens with one attached hydrogen (secondary N) is 2. The van der Waals surface area contributed by atoms with Crippen LogP contribution in [0.4, 0.5) is 5.69 Å². The Morgan fingerprint density at radius 3 is 2.79 bits per heavy atom. The molecule has 5 nitrogen and oxygen atoms in total. The fourth-order valence-corrected chi connectivity index (χ4v) is 2.02. The van der Waals surface area contributed by atoms with Crippen molar-refractivity contribution in [2.75, 3.05) is 18.5 Å². The summed E-state index contributed by atoms with van der Waals surface area (Å²) < 4.78 is 5.35. The Morgan fingerprint density at radius 1 is 1.32 bits per heavy atom. The third-order valence-corrected chi connectivity index (χ3v) is 3.17. The molecule has 19 heavy (non-hydrogen) atoms. The van der Waals surface area contributed by atoms with Gasteiger partial charge in [0.05, 0.1) is 16.8 Å². The van der Waals surface area contributed by atoms with E-state index in [0.717, 1.165) is 12.8 Å². The van der Waals surface area contributed by atoms with Crippen LogP contribution in [-0.2, 0) is 14.3 Å². The van der Waals surface area contributed by atoms with Crippen molar-refractivity contribution in [2.24, 2.45) is 0 Å². The van der Waals surface area contributed by atoms with Crippen molar-refractivity contribution in [1.82, 2.24) is 5.32 Å². The van der Waals surface area contributed by atoms with Crippen molar-refractivity contribution in [3.05, 3.63) is 29.3 Å². The van der Waals surface area contributed by atoms with E-state index in [1.165, 1.54) is 0 Å². The van der Waals surface area contributed by atoms with Crippen molar-refractivity contribution in [3.8, 4) is 0 Å². The van der Waals surface area contributed by atoms with Gasteiger partial charge in [-0.2, -0.15) is 0 Å². The first-order chi connectivity index (χ1) is 9.16. The highest BCUT2D eigenvalue weighted by Gasteiger charge is 2.19. The molecular weight excluding hydrogens is 268 g/mol. The molecular formula is C13H15ClN2O3. The maximum absolute atomic E-state index is 11.6. The van der Waals surface area contributed by atoms with Gasteiger partial charge in [0.1, 0.15) is 0 Å². The first-order valence-electron chi connectivity index (χ1n) is 6.12. The van der Waals surface area contributed by atoms with Crippen LogP contribution >= 0.6 is 11.6 Å². The Labute approximate surface area is 116 Å². The lowest BCUT2D eigenvalue weighted by molar-refractivity contribution is -0.136. The number of halogens is 1. The minimum Gasteiger partial charge on any atom is -0.376 e. The highest BCUT2D eigenvalue weighted by Crippen LogP contribution is 2.20. The maximum Gasteiger partial charge on any atom is 0.313 e. The number of rotatable bonds is 3. The molecule has 0 spiro atoms. The summed E-state index contributed by atoms with van der Waals surface area (Å²) in [6, 6.07) is 6.75. The number of ether oxygens (including phenoxy) is 1. The van der Waals surface area contributed by atoms with Crippen LogP contribution in [0.3, 0.4) is 0 Å². The zero-order valence-corrected chi connectivity index (χ0v) is 11.1. The Hall–Kier alpha value is -1.59. The lowest BCUT2D eigenvalue weighted by atomic mass is 10.2. The van der Waals surface area contributed by atoms with Gasteiger partial charge in [0, 0.05) is 13.2 Å². The Kier molecular flexibility index (Phi) is 4.76. The highest BCUT2D eigenvalue weighted by molar-refractivity contribution is 6.41. The molecule has 1 aliphatic heterocycles. The molecule has 1 aromatic carbocycles. The fraction of sp³-hybridized carbons (Fsp3) is 0.385. The van der Waals surface area contributed by atoms with Gasteiger partial charge in [0.2, 0.25) is 0 Å². The molecule has 0 aliphatic carbocycles. The van der Waals surface area contributed by atoms with Crippen LogP contribution in [0.1, 0.15) is 12.8 Å². The van der Waals surface area contributed by atoms with Crippen LogP contribution in [0.15, 0.2) is 24.3 Å². The average Bonchev–Trinajstić information content (AvgIpc) is 2.91. The predicted molar refractivity (Wildman–Crippen MR) is 72.1 cm³/mol. The minimum absolute atomic E-state index is 0.0112. The van der Waals surface area contributed by atoms with E-state index in [1.807, 2.05) is 0 Å². The minimum atomic E-state index is -0.730. The second-order valence-electron chi connectivity index (χ2n) is 4.28. The lowest BCUT2D eigenvalue weighted by Crippen LogP contribution is -2.39. The van der Waals surface area contributed by atoms with Crippen molar-refractivity contribution in [1.29, 1.82) is 0 Å². The van der Waals surface area contributed by atoms with E-state index in [4.69, 9.17) is 16.3 Å². The summed E-state index contributed by atoms with van der Waals surface area (Å²) >= 11 is 5.89. The van der Waals surface area contributed by atoms with Crippen molar-refractivity contribution >= 4 is 29.1 Å². The van der Waals surface area contributed by atoms with E-state index < -0.39 is 11.8 Å². The number of anilines is 1. The van der Waals surface area contributed by atoms with Gasteiger partial charge in [-0.1, -0.05) is 23.7 Å². The molecule has 1 fully saturated rings. The van der Waals surface area contributed by atoms with Crippen LogP contribution in [0, 0.1) is 0 Å². The topological polar surface area (TPSA) is 67.4 Å². The summed E-state index contributed by atoms with van der Waals surface area (Å²) in [4.78, 5) is 23.2. The van der Waals surface area contributed by atoms with Gasteiger partial charge >= 0.3 is 11.8 Å². The lowest BCUT2D eigenvalue weighted by Gasteiger charge is -2.11. The molecule has 0 bridgehead atoms. The van der Waals surface area contributed by atoms with Gasteiger partial charge < -0.3 is 15.4 Å². The second-order valence-corrected chi connectivity index (χ2v) is 4.69. The van der Waals surface area contributed by atoms with Crippen LogP contribution in [0.5, 0.6) is 0 Å². The molecule has 2 rings (SSSR count). The monoisotopic (exact) mass is 282 g/mol. The molecule has 0 radical (unpaired) electrons. The quantitative estimate of drug-likeness (QED) is 0.827. The van der Waals surface area contributed by atoms with Gasteiger partial charge in [0.15, 0.2) is 0 Å². The first-order valence-corrected chi connectivity index (χ1v) is 6.50. The molecule has 1 saturated heterocycles. The first kappa shape index (κ1) is 13.8. The van der Waals surface area contributed by atoms with Gasteiger partial charge in [-0.05, 0) is 25.0 Å². The Morgan fingerprint density at radius 2 is 2.11 bits per heavy atom. The van der Waals surface area contributed by atoms with Gasteiger partial charge in [0.25, 0.3) is 0 Å². The molecule has 2 amide bonds. The number of carbonyl (C=O) groups is 2. The SMILES string of the molecule is O=C(NC[C@H]1CCCO1)C(=O)Nc1ccccc1Cl. The van der Waals surface area contributed by atoms with Gasteiger partial charge in [-0.3, -0.25) is 9.59 Å². The van der Waals surface area contributed by atoms with E-state index in [2.05, 4.69) is 10.6 Å². The number of hydrogen-bond donors (Lipinski definition) is 2. The molecule has 102 valence electrons. The molecule has 0 unspecified atom stereocenters.